The zero-order valence-electron chi connectivity index (χ0n) is 12.3. The van der Waals surface area contributed by atoms with Crippen LogP contribution in [0, 0.1) is 0 Å². The second-order valence-electron chi connectivity index (χ2n) is 4.96. The number of thioether (sulfide) groups is 1. The Morgan fingerprint density at radius 3 is 2.81 bits per heavy atom. The Bertz CT molecular complexity index is 447. The lowest BCUT2D eigenvalue weighted by Gasteiger charge is -2.28. The Morgan fingerprint density at radius 2 is 2.19 bits per heavy atom. The zero-order valence-corrected chi connectivity index (χ0v) is 13.1. The van der Waals surface area contributed by atoms with E-state index >= 15 is 0 Å². The van der Waals surface area contributed by atoms with Crippen molar-refractivity contribution >= 4 is 23.4 Å². The molecule has 116 valence electrons. The number of benzene rings is 1. The zero-order chi connectivity index (χ0) is 15.1. The summed E-state index contributed by atoms with van der Waals surface area (Å²) < 4.78 is 10.7. The standard InChI is InChI=1S/C15H22N2O3S/c1-19-8-7-17(13-6-9-21-11-13)15(18)10-20-14-4-2-12(16)3-5-14/h2-5,13H,6-11,16H2,1H3. The van der Waals surface area contributed by atoms with Gasteiger partial charge in [0.05, 0.1) is 6.61 Å². The number of hydrogen-bond donors (Lipinski definition) is 1. The van der Waals surface area contributed by atoms with E-state index in [1.54, 1.807) is 31.4 Å². The molecule has 2 N–H and O–H groups in total. The van der Waals surface area contributed by atoms with Gasteiger partial charge in [-0.1, -0.05) is 0 Å². The molecule has 0 radical (unpaired) electrons. The van der Waals surface area contributed by atoms with Crippen LogP contribution in [0.15, 0.2) is 24.3 Å². The molecule has 0 saturated carbocycles. The number of nitrogen functional groups attached to an aromatic ring is 1. The summed E-state index contributed by atoms with van der Waals surface area (Å²) in [6.07, 6.45) is 1.04. The lowest BCUT2D eigenvalue weighted by Crippen LogP contribution is -2.44. The number of amides is 1. The van der Waals surface area contributed by atoms with Crippen LogP contribution >= 0.6 is 11.8 Å². The summed E-state index contributed by atoms with van der Waals surface area (Å²) in [5, 5.41) is 0. The predicted octanol–water partition coefficient (Wildman–Crippen LogP) is 1.63. The lowest BCUT2D eigenvalue weighted by atomic mass is 10.2. The molecule has 1 aliphatic rings. The molecule has 1 heterocycles. The summed E-state index contributed by atoms with van der Waals surface area (Å²) in [7, 11) is 1.65. The highest BCUT2D eigenvalue weighted by Crippen LogP contribution is 2.22. The Labute approximate surface area is 129 Å². The van der Waals surface area contributed by atoms with Gasteiger partial charge in [-0.2, -0.15) is 11.8 Å². The van der Waals surface area contributed by atoms with Crippen LogP contribution in [-0.4, -0.2) is 55.2 Å². The smallest absolute Gasteiger partial charge is 0.260 e. The van der Waals surface area contributed by atoms with E-state index in [0.29, 0.717) is 30.6 Å². The Morgan fingerprint density at radius 1 is 1.43 bits per heavy atom. The number of nitrogens with zero attached hydrogens (tertiary/aromatic N) is 1. The first kappa shape index (κ1) is 16.0. The molecule has 1 fully saturated rings. The minimum absolute atomic E-state index is 0.0105. The topological polar surface area (TPSA) is 64.8 Å². The van der Waals surface area contributed by atoms with Gasteiger partial charge in [-0.05, 0) is 36.4 Å². The Kier molecular flexibility index (Phi) is 6.20. The summed E-state index contributed by atoms with van der Waals surface area (Å²) in [4.78, 5) is 14.3. The summed E-state index contributed by atoms with van der Waals surface area (Å²) in [5.74, 6) is 2.78. The molecule has 0 bridgehead atoms. The van der Waals surface area contributed by atoms with E-state index in [4.69, 9.17) is 15.2 Å². The van der Waals surface area contributed by atoms with Crippen molar-refractivity contribution in [3.63, 3.8) is 0 Å². The van der Waals surface area contributed by atoms with Gasteiger partial charge in [-0.15, -0.1) is 0 Å². The minimum Gasteiger partial charge on any atom is -0.484 e. The molecule has 2 rings (SSSR count). The number of anilines is 1. The normalized spacial score (nSPS) is 17.7. The van der Waals surface area contributed by atoms with E-state index in [2.05, 4.69) is 0 Å². The van der Waals surface area contributed by atoms with Crippen LogP contribution in [0.2, 0.25) is 0 Å². The fourth-order valence-corrected chi connectivity index (χ4v) is 3.48. The van der Waals surface area contributed by atoms with Gasteiger partial charge in [-0.25, -0.2) is 0 Å². The minimum atomic E-state index is 0.0105. The fraction of sp³-hybridized carbons (Fsp3) is 0.533. The number of methoxy groups -OCH3 is 1. The summed E-state index contributed by atoms with van der Waals surface area (Å²) >= 11 is 1.89. The highest BCUT2D eigenvalue weighted by Gasteiger charge is 2.26. The summed E-state index contributed by atoms with van der Waals surface area (Å²) in [6.45, 7) is 1.22. The number of carbonyl (C=O) groups excluding carboxylic acids is 1. The molecule has 0 spiro atoms. The van der Waals surface area contributed by atoms with Crippen molar-refractivity contribution in [1.82, 2.24) is 4.90 Å². The summed E-state index contributed by atoms with van der Waals surface area (Å²) in [5.41, 5.74) is 6.30. The van der Waals surface area contributed by atoms with E-state index in [-0.39, 0.29) is 12.5 Å². The first-order valence-corrected chi connectivity index (χ1v) is 8.20. The van der Waals surface area contributed by atoms with Gasteiger partial charge in [0, 0.05) is 31.1 Å². The van der Waals surface area contributed by atoms with E-state index in [1.165, 1.54) is 0 Å². The van der Waals surface area contributed by atoms with Crippen LogP contribution in [0.1, 0.15) is 6.42 Å². The van der Waals surface area contributed by atoms with Crippen molar-refractivity contribution in [3.8, 4) is 5.75 Å². The van der Waals surface area contributed by atoms with Gasteiger partial charge in [0.2, 0.25) is 0 Å². The third-order valence-corrected chi connectivity index (χ3v) is 4.59. The van der Waals surface area contributed by atoms with Crippen molar-refractivity contribution in [2.24, 2.45) is 0 Å². The molecule has 0 aliphatic carbocycles. The maximum absolute atomic E-state index is 12.4. The van der Waals surface area contributed by atoms with Crippen molar-refractivity contribution in [3.05, 3.63) is 24.3 Å². The van der Waals surface area contributed by atoms with Crippen LogP contribution in [0.4, 0.5) is 5.69 Å². The molecule has 1 atom stereocenters. The quantitative estimate of drug-likeness (QED) is 0.776. The van der Waals surface area contributed by atoms with E-state index in [1.807, 2.05) is 16.7 Å². The molecule has 5 nitrogen and oxygen atoms in total. The summed E-state index contributed by atoms with van der Waals surface area (Å²) in [6, 6.07) is 7.36. The average molecular weight is 310 g/mol. The third-order valence-electron chi connectivity index (χ3n) is 3.45. The first-order valence-electron chi connectivity index (χ1n) is 7.05. The molecule has 21 heavy (non-hydrogen) atoms. The monoisotopic (exact) mass is 310 g/mol. The molecule has 1 aliphatic heterocycles. The van der Waals surface area contributed by atoms with E-state index < -0.39 is 0 Å². The molecule has 1 saturated heterocycles. The highest BCUT2D eigenvalue weighted by molar-refractivity contribution is 7.99. The molecular weight excluding hydrogens is 288 g/mol. The molecule has 0 aromatic heterocycles. The SMILES string of the molecule is COCCN(C(=O)COc1ccc(N)cc1)C1CCSC1. The number of hydrogen-bond acceptors (Lipinski definition) is 5. The van der Waals surface area contributed by atoms with Crippen LogP contribution in [0.25, 0.3) is 0 Å². The Balaban J connectivity index is 1.89. The van der Waals surface area contributed by atoms with Gasteiger partial charge >= 0.3 is 0 Å². The van der Waals surface area contributed by atoms with E-state index in [9.17, 15) is 4.79 Å². The second kappa shape index (κ2) is 8.14. The maximum atomic E-state index is 12.4. The van der Waals surface area contributed by atoms with Crippen LogP contribution in [-0.2, 0) is 9.53 Å². The second-order valence-corrected chi connectivity index (χ2v) is 6.10. The predicted molar refractivity (Wildman–Crippen MR) is 85.7 cm³/mol. The van der Waals surface area contributed by atoms with Gasteiger partial charge < -0.3 is 20.1 Å². The van der Waals surface area contributed by atoms with Crippen LogP contribution < -0.4 is 10.5 Å². The van der Waals surface area contributed by atoms with Gasteiger partial charge in [-0.3, -0.25) is 4.79 Å². The van der Waals surface area contributed by atoms with Crippen molar-refractivity contribution in [2.75, 3.05) is 44.1 Å². The van der Waals surface area contributed by atoms with Crippen molar-refractivity contribution in [1.29, 1.82) is 0 Å². The number of carbonyl (C=O) groups is 1. The van der Waals surface area contributed by atoms with Gasteiger partial charge in [0.25, 0.3) is 5.91 Å². The molecule has 1 aromatic carbocycles. The number of ether oxygens (including phenoxy) is 2. The Hall–Kier alpha value is -1.40. The van der Waals surface area contributed by atoms with Crippen LogP contribution in [0.3, 0.4) is 0 Å². The van der Waals surface area contributed by atoms with Crippen molar-refractivity contribution < 1.29 is 14.3 Å². The maximum Gasteiger partial charge on any atom is 0.260 e. The largest absolute Gasteiger partial charge is 0.484 e. The number of nitrogens with two attached hydrogens (primary N) is 1. The molecule has 1 aromatic rings. The average Bonchev–Trinajstić information content (AvgIpc) is 3.01. The van der Waals surface area contributed by atoms with Crippen LogP contribution in [0.5, 0.6) is 5.75 Å². The molecule has 1 amide bonds. The molecule has 1 unspecified atom stereocenters. The third kappa shape index (κ3) is 4.82. The molecule has 6 heteroatoms. The lowest BCUT2D eigenvalue weighted by molar-refractivity contribution is -0.136. The fourth-order valence-electron chi connectivity index (χ4n) is 2.26. The van der Waals surface area contributed by atoms with Crippen molar-refractivity contribution in [2.45, 2.75) is 12.5 Å². The molecular formula is C15H22N2O3S. The number of rotatable bonds is 7. The van der Waals surface area contributed by atoms with Gasteiger partial charge in [0.1, 0.15) is 5.75 Å². The first-order chi connectivity index (χ1) is 10.2. The van der Waals surface area contributed by atoms with Gasteiger partial charge in [0.15, 0.2) is 6.61 Å². The van der Waals surface area contributed by atoms with E-state index in [0.717, 1.165) is 17.9 Å². The highest BCUT2D eigenvalue weighted by atomic mass is 32.2.